The van der Waals surface area contributed by atoms with Gasteiger partial charge in [-0.1, -0.05) is 17.8 Å². The first-order valence-electron chi connectivity index (χ1n) is 8.80. The van der Waals surface area contributed by atoms with Gasteiger partial charge in [0, 0.05) is 26.2 Å². The summed E-state index contributed by atoms with van der Waals surface area (Å²) >= 11 is 1.19. The van der Waals surface area contributed by atoms with Crippen LogP contribution in [0.1, 0.15) is 28.7 Å². The number of carbonyl (C=O) groups is 1. The summed E-state index contributed by atoms with van der Waals surface area (Å²) in [4.78, 5) is 21.3. The Morgan fingerprint density at radius 3 is 2.56 bits per heavy atom. The Morgan fingerprint density at radius 1 is 1.11 bits per heavy atom. The molecule has 27 heavy (non-hydrogen) atoms. The van der Waals surface area contributed by atoms with Crippen molar-refractivity contribution < 1.29 is 4.79 Å². The van der Waals surface area contributed by atoms with E-state index in [2.05, 4.69) is 41.7 Å². The summed E-state index contributed by atoms with van der Waals surface area (Å²) in [6.07, 6.45) is 4.76. The number of anilines is 1. The van der Waals surface area contributed by atoms with Gasteiger partial charge in [0.05, 0.1) is 5.69 Å². The van der Waals surface area contributed by atoms with Crippen molar-refractivity contribution in [1.29, 1.82) is 0 Å². The second kappa shape index (κ2) is 7.74. The lowest BCUT2D eigenvalue weighted by molar-refractivity contribution is 0.0750. The van der Waals surface area contributed by atoms with Gasteiger partial charge in [0.25, 0.3) is 5.91 Å². The number of aryl methyl sites for hydroxylation is 1. The van der Waals surface area contributed by atoms with Crippen LogP contribution in [-0.4, -0.2) is 71.5 Å². The summed E-state index contributed by atoms with van der Waals surface area (Å²) in [5.41, 5.74) is 0.810. The number of rotatable bonds is 5. The first-order valence-corrected chi connectivity index (χ1v) is 9.57. The molecule has 3 aromatic rings. The van der Waals surface area contributed by atoms with Crippen molar-refractivity contribution in [3.63, 3.8) is 0 Å². The highest BCUT2D eigenvalue weighted by atomic mass is 32.1. The molecule has 10 nitrogen and oxygen atoms in total. The van der Waals surface area contributed by atoms with Gasteiger partial charge in [-0.3, -0.25) is 4.79 Å². The van der Waals surface area contributed by atoms with Crippen molar-refractivity contribution in [2.75, 3.05) is 31.1 Å². The molecule has 0 unspecified atom stereocenters. The Morgan fingerprint density at radius 2 is 1.89 bits per heavy atom. The standard InChI is InChI=1S/C16H19N9OS/c1-2-3-12-15(27-22-19-12)16(26)24-8-6-23(7-9-24)13-4-5-14(21-20-13)25-11-17-10-18-25/h4-5,10-11H,2-3,6-9H2,1H3. The number of aromatic nitrogens is 7. The van der Waals surface area contributed by atoms with Gasteiger partial charge in [0.2, 0.25) is 0 Å². The van der Waals surface area contributed by atoms with Crippen molar-refractivity contribution in [1.82, 2.24) is 39.4 Å². The maximum Gasteiger partial charge on any atom is 0.267 e. The van der Waals surface area contributed by atoms with Crippen LogP contribution in [0.5, 0.6) is 0 Å². The predicted molar refractivity (Wildman–Crippen MR) is 99.0 cm³/mol. The molecule has 0 bridgehead atoms. The van der Waals surface area contributed by atoms with E-state index in [1.54, 1.807) is 11.0 Å². The molecule has 1 saturated heterocycles. The molecule has 0 aliphatic carbocycles. The molecule has 4 rings (SSSR count). The summed E-state index contributed by atoms with van der Waals surface area (Å²) in [7, 11) is 0. The molecule has 0 atom stereocenters. The van der Waals surface area contributed by atoms with Gasteiger partial charge in [-0.25, -0.2) is 9.67 Å². The van der Waals surface area contributed by atoms with Crippen LogP contribution in [0.25, 0.3) is 5.82 Å². The molecular weight excluding hydrogens is 366 g/mol. The highest BCUT2D eigenvalue weighted by Crippen LogP contribution is 2.19. The van der Waals surface area contributed by atoms with Crippen molar-refractivity contribution in [2.45, 2.75) is 19.8 Å². The summed E-state index contributed by atoms with van der Waals surface area (Å²) in [5.74, 6) is 1.43. The molecule has 0 saturated carbocycles. The van der Waals surface area contributed by atoms with Crippen LogP contribution in [0.4, 0.5) is 5.82 Å². The van der Waals surface area contributed by atoms with E-state index in [1.165, 1.54) is 17.9 Å². The molecule has 140 valence electrons. The van der Waals surface area contributed by atoms with Gasteiger partial charge in [-0.05, 0) is 30.1 Å². The zero-order chi connectivity index (χ0) is 18.6. The van der Waals surface area contributed by atoms with Crippen LogP contribution in [0, 0.1) is 0 Å². The Hall–Kier alpha value is -2.95. The SMILES string of the molecule is CCCc1nnsc1C(=O)N1CCN(c2ccc(-n3cncn3)nn2)CC1. The van der Waals surface area contributed by atoms with Crippen LogP contribution in [0.15, 0.2) is 24.8 Å². The lowest BCUT2D eigenvalue weighted by atomic mass is 10.2. The summed E-state index contributed by atoms with van der Waals surface area (Å²) in [6, 6.07) is 3.77. The fourth-order valence-corrected chi connectivity index (χ4v) is 3.67. The highest BCUT2D eigenvalue weighted by molar-refractivity contribution is 7.08. The second-order valence-corrected chi connectivity index (χ2v) is 6.92. The van der Waals surface area contributed by atoms with Gasteiger partial charge in [0.1, 0.15) is 17.5 Å². The molecule has 3 aromatic heterocycles. The summed E-state index contributed by atoms with van der Waals surface area (Å²) in [6.45, 7) is 4.75. The Labute approximate surface area is 160 Å². The smallest absolute Gasteiger partial charge is 0.267 e. The minimum Gasteiger partial charge on any atom is -0.352 e. The number of amides is 1. The highest BCUT2D eigenvalue weighted by Gasteiger charge is 2.26. The van der Waals surface area contributed by atoms with Crippen LogP contribution in [-0.2, 0) is 6.42 Å². The quantitative estimate of drug-likeness (QED) is 0.636. The molecule has 0 aromatic carbocycles. The van der Waals surface area contributed by atoms with E-state index in [0.717, 1.165) is 24.4 Å². The van der Waals surface area contributed by atoms with Crippen LogP contribution >= 0.6 is 11.5 Å². The number of carbonyl (C=O) groups excluding carboxylic acids is 1. The van der Waals surface area contributed by atoms with Gasteiger partial charge in [-0.15, -0.1) is 15.3 Å². The minimum atomic E-state index is 0.0284. The normalized spacial score (nSPS) is 14.6. The van der Waals surface area contributed by atoms with E-state index in [1.807, 2.05) is 17.0 Å². The largest absolute Gasteiger partial charge is 0.352 e. The monoisotopic (exact) mass is 385 g/mol. The molecule has 4 heterocycles. The molecule has 1 fully saturated rings. The van der Waals surface area contributed by atoms with Gasteiger partial charge in [-0.2, -0.15) is 5.10 Å². The van der Waals surface area contributed by atoms with Crippen molar-refractivity contribution in [3.8, 4) is 5.82 Å². The Bertz CT molecular complexity index is 885. The lowest BCUT2D eigenvalue weighted by Crippen LogP contribution is -2.49. The average Bonchev–Trinajstić information content (AvgIpc) is 3.40. The van der Waals surface area contributed by atoms with E-state index in [-0.39, 0.29) is 5.91 Å². The molecule has 1 amide bonds. The number of hydrogen-bond acceptors (Lipinski definition) is 9. The topological polar surface area (TPSA) is 106 Å². The second-order valence-electron chi connectivity index (χ2n) is 6.17. The molecule has 1 aliphatic rings. The van der Waals surface area contributed by atoms with E-state index in [4.69, 9.17) is 0 Å². The van der Waals surface area contributed by atoms with E-state index in [0.29, 0.717) is 36.9 Å². The van der Waals surface area contributed by atoms with Gasteiger partial charge < -0.3 is 9.80 Å². The first kappa shape index (κ1) is 17.5. The maximum absolute atomic E-state index is 12.8. The number of piperazine rings is 1. The van der Waals surface area contributed by atoms with Crippen molar-refractivity contribution >= 4 is 23.3 Å². The zero-order valence-corrected chi connectivity index (χ0v) is 15.7. The van der Waals surface area contributed by atoms with Crippen molar-refractivity contribution in [2.24, 2.45) is 0 Å². The van der Waals surface area contributed by atoms with Gasteiger partial charge in [0.15, 0.2) is 11.6 Å². The molecular formula is C16H19N9OS. The summed E-state index contributed by atoms with van der Waals surface area (Å²) in [5, 5.41) is 16.6. The van der Waals surface area contributed by atoms with Gasteiger partial charge >= 0.3 is 0 Å². The molecule has 0 N–H and O–H groups in total. The average molecular weight is 385 g/mol. The van der Waals surface area contributed by atoms with Crippen LogP contribution < -0.4 is 4.90 Å². The van der Waals surface area contributed by atoms with E-state index < -0.39 is 0 Å². The third-order valence-corrected chi connectivity index (χ3v) is 5.17. The fraction of sp³-hybridized carbons (Fsp3) is 0.438. The van der Waals surface area contributed by atoms with Crippen LogP contribution in [0.2, 0.25) is 0 Å². The summed E-state index contributed by atoms with van der Waals surface area (Å²) < 4.78 is 5.51. The van der Waals surface area contributed by atoms with Crippen LogP contribution in [0.3, 0.4) is 0 Å². The molecule has 1 aliphatic heterocycles. The molecule has 0 radical (unpaired) electrons. The lowest BCUT2D eigenvalue weighted by Gasteiger charge is -2.35. The zero-order valence-electron chi connectivity index (χ0n) is 14.9. The fourth-order valence-electron chi connectivity index (χ4n) is 2.99. The maximum atomic E-state index is 12.8. The molecule has 0 spiro atoms. The Kier molecular flexibility index (Phi) is 5.01. The van der Waals surface area contributed by atoms with E-state index in [9.17, 15) is 4.79 Å². The number of hydrogen-bond donors (Lipinski definition) is 0. The first-order chi connectivity index (χ1) is 13.3. The Balaban J connectivity index is 1.38. The number of nitrogens with zero attached hydrogens (tertiary/aromatic N) is 9. The third-order valence-electron chi connectivity index (χ3n) is 4.42. The predicted octanol–water partition coefficient (Wildman–Crippen LogP) is 0.824. The van der Waals surface area contributed by atoms with E-state index >= 15 is 0 Å². The minimum absolute atomic E-state index is 0.0284. The van der Waals surface area contributed by atoms with Crippen molar-refractivity contribution in [3.05, 3.63) is 35.4 Å². The molecule has 11 heteroatoms. The third kappa shape index (κ3) is 3.63.